The van der Waals surface area contributed by atoms with E-state index in [1.54, 1.807) is 14.2 Å². The van der Waals surface area contributed by atoms with E-state index in [4.69, 9.17) is 9.47 Å². The molecule has 0 atom stereocenters. The van der Waals surface area contributed by atoms with Gasteiger partial charge in [0.2, 0.25) is 11.9 Å². The fourth-order valence-electron chi connectivity index (χ4n) is 2.15. The molecule has 0 bridgehead atoms. The second-order valence-electron chi connectivity index (χ2n) is 4.34. The molecule has 2 rings (SSSR count). The van der Waals surface area contributed by atoms with Crippen LogP contribution in [0.4, 0.5) is 11.9 Å². The number of piperidine rings is 1. The number of ether oxygens (including phenoxy) is 2. The summed E-state index contributed by atoms with van der Waals surface area (Å²) in [5, 5.41) is 2.92. The van der Waals surface area contributed by atoms with E-state index in [1.807, 2.05) is 6.92 Å². The zero-order valence-corrected chi connectivity index (χ0v) is 11.7. The minimum Gasteiger partial charge on any atom is -0.467 e. The molecular formula is C12H21N5O2. The van der Waals surface area contributed by atoms with Gasteiger partial charge in [0.25, 0.3) is 0 Å². The van der Waals surface area contributed by atoms with E-state index in [1.165, 1.54) is 0 Å². The van der Waals surface area contributed by atoms with Crippen molar-refractivity contribution in [3.8, 4) is 6.01 Å². The first kappa shape index (κ1) is 13.8. The van der Waals surface area contributed by atoms with Crippen molar-refractivity contribution < 1.29 is 9.47 Å². The first-order valence-corrected chi connectivity index (χ1v) is 6.61. The lowest BCUT2D eigenvalue weighted by Crippen LogP contribution is -2.38. The van der Waals surface area contributed by atoms with E-state index < -0.39 is 0 Å². The summed E-state index contributed by atoms with van der Waals surface area (Å²) in [7, 11) is 3.33. The van der Waals surface area contributed by atoms with Crippen LogP contribution in [0.1, 0.15) is 19.8 Å². The van der Waals surface area contributed by atoms with E-state index in [0.717, 1.165) is 32.5 Å². The number of anilines is 2. The highest BCUT2D eigenvalue weighted by molar-refractivity contribution is 5.38. The Morgan fingerprint density at radius 3 is 2.58 bits per heavy atom. The first-order chi connectivity index (χ1) is 9.26. The van der Waals surface area contributed by atoms with Gasteiger partial charge in [0.1, 0.15) is 0 Å². The average Bonchev–Trinajstić information content (AvgIpc) is 2.47. The Bertz CT molecular complexity index is 385. The lowest BCUT2D eigenvalue weighted by Gasteiger charge is -2.31. The molecule has 1 fully saturated rings. The quantitative estimate of drug-likeness (QED) is 0.850. The minimum atomic E-state index is 0.335. The predicted octanol–water partition coefficient (Wildman–Crippen LogP) is 0.927. The largest absolute Gasteiger partial charge is 0.467 e. The minimum absolute atomic E-state index is 0.335. The van der Waals surface area contributed by atoms with Crippen LogP contribution >= 0.6 is 0 Å². The normalized spacial score (nSPS) is 16.5. The van der Waals surface area contributed by atoms with Crippen molar-refractivity contribution in [2.75, 3.05) is 44.1 Å². The Balaban J connectivity index is 2.06. The van der Waals surface area contributed by atoms with Crippen LogP contribution in [0.15, 0.2) is 0 Å². The first-order valence-electron chi connectivity index (χ1n) is 6.61. The number of nitrogens with zero attached hydrogens (tertiary/aromatic N) is 4. The number of hydrogen-bond acceptors (Lipinski definition) is 7. The van der Waals surface area contributed by atoms with Crippen LogP contribution in [0.3, 0.4) is 0 Å². The Hall–Kier alpha value is -1.63. The lowest BCUT2D eigenvalue weighted by molar-refractivity contribution is 0.0457. The van der Waals surface area contributed by atoms with Crippen molar-refractivity contribution in [2.24, 2.45) is 0 Å². The Labute approximate surface area is 113 Å². The highest BCUT2D eigenvalue weighted by Gasteiger charge is 2.22. The average molecular weight is 267 g/mol. The van der Waals surface area contributed by atoms with E-state index in [2.05, 4.69) is 25.2 Å². The highest BCUT2D eigenvalue weighted by atomic mass is 16.5. The molecule has 0 radical (unpaired) electrons. The maximum atomic E-state index is 5.64. The predicted molar refractivity (Wildman–Crippen MR) is 72.8 cm³/mol. The molecule has 106 valence electrons. The van der Waals surface area contributed by atoms with Gasteiger partial charge in [-0.2, -0.15) is 15.0 Å². The molecule has 2 heterocycles. The third-order valence-corrected chi connectivity index (χ3v) is 3.14. The summed E-state index contributed by atoms with van der Waals surface area (Å²) < 4.78 is 10.7. The molecule has 1 saturated heterocycles. The van der Waals surface area contributed by atoms with Crippen molar-refractivity contribution in [1.29, 1.82) is 0 Å². The molecule has 0 unspecified atom stereocenters. The van der Waals surface area contributed by atoms with Gasteiger partial charge < -0.3 is 19.7 Å². The molecule has 1 N–H and O–H groups in total. The molecule has 7 heteroatoms. The maximum Gasteiger partial charge on any atom is 0.322 e. The number of rotatable bonds is 5. The smallest absolute Gasteiger partial charge is 0.322 e. The van der Waals surface area contributed by atoms with Crippen LogP contribution in [0, 0.1) is 0 Å². The SMILES string of the molecule is CCOC1CCN(c2nc(NC)nc(OC)n2)CC1. The number of methoxy groups -OCH3 is 1. The van der Waals surface area contributed by atoms with E-state index in [0.29, 0.717) is 24.0 Å². The Kier molecular flexibility index (Phi) is 4.73. The zero-order chi connectivity index (χ0) is 13.7. The van der Waals surface area contributed by atoms with Crippen molar-refractivity contribution in [3.63, 3.8) is 0 Å². The van der Waals surface area contributed by atoms with Gasteiger partial charge in [-0.25, -0.2) is 0 Å². The second-order valence-corrected chi connectivity index (χ2v) is 4.34. The summed E-state index contributed by atoms with van der Waals surface area (Å²) in [6.07, 6.45) is 2.35. The van der Waals surface area contributed by atoms with Crippen LogP contribution in [0.2, 0.25) is 0 Å². The van der Waals surface area contributed by atoms with E-state index in [9.17, 15) is 0 Å². The molecule has 19 heavy (non-hydrogen) atoms. The number of hydrogen-bond donors (Lipinski definition) is 1. The fourth-order valence-corrected chi connectivity index (χ4v) is 2.15. The zero-order valence-electron chi connectivity index (χ0n) is 11.7. The van der Waals surface area contributed by atoms with Gasteiger partial charge in [-0.3, -0.25) is 0 Å². The van der Waals surface area contributed by atoms with E-state index in [-0.39, 0.29) is 0 Å². The summed E-state index contributed by atoms with van der Waals surface area (Å²) in [6, 6.07) is 0.335. The molecule has 0 spiro atoms. The van der Waals surface area contributed by atoms with Gasteiger partial charge >= 0.3 is 6.01 Å². The second kappa shape index (κ2) is 6.51. The maximum absolute atomic E-state index is 5.64. The molecule has 0 aliphatic carbocycles. The highest BCUT2D eigenvalue weighted by Crippen LogP contribution is 2.20. The van der Waals surface area contributed by atoms with Crippen molar-refractivity contribution in [2.45, 2.75) is 25.9 Å². The summed E-state index contributed by atoms with van der Waals surface area (Å²) in [4.78, 5) is 14.9. The topological polar surface area (TPSA) is 72.4 Å². The van der Waals surface area contributed by atoms with Crippen molar-refractivity contribution in [3.05, 3.63) is 0 Å². The summed E-state index contributed by atoms with van der Waals surface area (Å²) in [5.41, 5.74) is 0. The summed E-state index contributed by atoms with van der Waals surface area (Å²) in [5.74, 6) is 1.18. The molecule has 1 aromatic heterocycles. The Morgan fingerprint density at radius 2 is 2.00 bits per heavy atom. The van der Waals surface area contributed by atoms with Crippen LogP contribution in [0.25, 0.3) is 0 Å². The van der Waals surface area contributed by atoms with Gasteiger partial charge in [0.05, 0.1) is 13.2 Å². The number of aromatic nitrogens is 3. The van der Waals surface area contributed by atoms with Gasteiger partial charge in [-0.05, 0) is 19.8 Å². The van der Waals surface area contributed by atoms with Gasteiger partial charge in [-0.15, -0.1) is 0 Å². The molecular weight excluding hydrogens is 246 g/mol. The van der Waals surface area contributed by atoms with Crippen molar-refractivity contribution in [1.82, 2.24) is 15.0 Å². The van der Waals surface area contributed by atoms with E-state index >= 15 is 0 Å². The third-order valence-electron chi connectivity index (χ3n) is 3.14. The fraction of sp³-hybridized carbons (Fsp3) is 0.750. The van der Waals surface area contributed by atoms with Crippen molar-refractivity contribution >= 4 is 11.9 Å². The number of nitrogens with one attached hydrogen (secondary N) is 1. The molecule has 0 amide bonds. The van der Waals surface area contributed by atoms with Gasteiger partial charge in [0.15, 0.2) is 0 Å². The molecule has 1 aromatic rings. The molecule has 1 aliphatic rings. The summed E-state index contributed by atoms with van der Waals surface area (Å²) in [6.45, 7) is 4.58. The molecule has 0 aromatic carbocycles. The third kappa shape index (κ3) is 3.44. The van der Waals surface area contributed by atoms with Crippen LogP contribution in [-0.4, -0.2) is 54.9 Å². The molecule has 0 saturated carbocycles. The van der Waals surface area contributed by atoms with Crippen LogP contribution in [0.5, 0.6) is 6.01 Å². The van der Waals surface area contributed by atoms with Gasteiger partial charge in [0, 0.05) is 26.7 Å². The van der Waals surface area contributed by atoms with Crippen LogP contribution < -0.4 is 15.0 Å². The molecule has 1 aliphatic heterocycles. The Morgan fingerprint density at radius 1 is 1.26 bits per heavy atom. The van der Waals surface area contributed by atoms with Crippen LogP contribution in [-0.2, 0) is 4.74 Å². The molecule has 7 nitrogen and oxygen atoms in total. The van der Waals surface area contributed by atoms with Gasteiger partial charge in [-0.1, -0.05) is 0 Å². The standard InChI is InChI=1S/C12H21N5O2/c1-4-19-9-5-7-17(8-6-9)11-14-10(13-2)15-12(16-11)18-3/h9H,4-8H2,1-3H3,(H,13,14,15,16). The monoisotopic (exact) mass is 267 g/mol. The lowest BCUT2D eigenvalue weighted by atomic mass is 10.1. The summed E-state index contributed by atoms with van der Waals surface area (Å²) >= 11 is 0.